The van der Waals surface area contributed by atoms with Crippen LogP contribution in [-0.2, 0) is 11.3 Å². The van der Waals surface area contributed by atoms with E-state index in [4.69, 9.17) is 0 Å². The van der Waals surface area contributed by atoms with E-state index in [9.17, 15) is 18.0 Å². The highest BCUT2D eigenvalue weighted by atomic mass is 32.2. The number of thioether (sulfide) groups is 1. The van der Waals surface area contributed by atoms with Crippen LogP contribution in [0.1, 0.15) is 12.5 Å². The molecule has 2 aromatic carbocycles. The molecule has 0 N–H and O–H groups in total. The summed E-state index contributed by atoms with van der Waals surface area (Å²) in [5, 5.41) is 11.7. The number of halogens is 3. The number of benzene rings is 2. The highest BCUT2D eigenvalue weighted by molar-refractivity contribution is 7.99. The molecule has 0 atom stereocenters. The number of ether oxygens (including phenoxy) is 1. The highest BCUT2D eigenvalue weighted by Gasteiger charge is 2.31. The first kappa shape index (κ1) is 21.6. The number of aromatic nitrogens is 4. The molecule has 0 aliphatic heterocycles. The van der Waals surface area contributed by atoms with Gasteiger partial charge in [0.2, 0.25) is 11.1 Å². The molecule has 11 heteroatoms. The zero-order valence-electron chi connectivity index (χ0n) is 15.9. The third-order valence-corrected chi connectivity index (χ3v) is 4.94. The van der Waals surface area contributed by atoms with Crippen molar-refractivity contribution in [1.29, 1.82) is 0 Å². The van der Waals surface area contributed by atoms with Crippen LogP contribution in [0.5, 0.6) is 5.75 Å². The summed E-state index contributed by atoms with van der Waals surface area (Å²) >= 11 is 1.15. The quantitative estimate of drug-likeness (QED) is 0.501. The maximum absolute atomic E-state index is 12.6. The molecule has 0 spiro atoms. The van der Waals surface area contributed by atoms with Gasteiger partial charge < -0.3 is 9.64 Å². The van der Waals surface area contributed by atoms with Gasteiger partial charge in [0.1, 0.15) is 5.75 Å². The Labute approximate surface area is 174 Å². The highest BCUT2D eigenvalue weighted by Crippen LogP contribution is 2.25. The van der Waals surface area contributed by atoms with Gasteiger partial charge in [0, 0.05) is 13.1 Å². The second kappa shape index (κ2) is 9.61. The molecule has 1 heterocycles. The van der Waals surface area contributed by atoms with E-state index in [-0.39, 0.29) is 17.4 Å². The largest absolute Gasteiger partial charge is 0.573 e. The van der Waals surface area contributed by atoms with Crippen molar-refractivity contribution in [3.8, 4) is 11.4 Å². The third-order valence-electron chi connectivity index (χ3n) is 4.03. The van der Waals surface area contributed by atoms with Crippen LogP contribution in [0.25, 0.3) is 5.69 Å². The van der Waals surface area contributed by atoms with Gasteiger partial charge in [-0.25, -0.2) is 0 Å². The van der Waals surface area contributed by atoms with Crippen molar-refractivity contribution in [3.05, 3.63) is 60.2 Å². The maximum atomic E-state index is 12.6. The predicted octanol–water partition coefficient (Wildman–Crippen LogP) is 3.70. The summed E-state index contributed by atoms with van der Waals surface area (Å²) in [6.45, 7) is 2.96. The molecule has 0 radical (unpaired) electrons. The Balaban J connectivity index is 1.63. The molecule has 7 nitrogen and oxygen atoms in total. The smallest absolute Gasteiger partial charge is 0.406 e. The molecule has 0 bridgehead atoms. The first-order chi connectivity index (χ1) is 14.4. The molecule has 0 saturated heterocycles. The van der Waals surface area contributed by atoms with Crippen molar-refractivity contribution in [2.75, 3.05) is 12.3 Å². The van der Waals surface area contributed by atoms with E-state index in [0.717, 1.165) is 17.3 Å². The summed E-state index contributed by atoms with van der Waals surface area (Å²) in [4.78, 5) is 14.3. The number of nitrogens with zero attached hydrogens (tertiary/aromatic N) is 5. The third kappa shape index (κ3) is 5.96. The van der Waals surface area contributed by atoms with E-state index in [1.54, 1.807) is 4.90 Å². The Kier molecular flexibility index (Phi) is 6.93. The molecular weight excluding hydrogens is 419 g/mol. The number of carbonyl (C=O) groups excluding carboxylic acids is 1. The Morgan fingerprint density at radius 2 is 1.83 bits per heavy atom. The number of rotatable bonds is 8. The number of alkyl halides is 3. The van der Waals surface area contributed by atoms with E-state index >= 15 is 0 Å². The molecule has 0 unspecified atom stereocenters. The van der Waals surface area contributed by atoms with Crippen molar-refractivity contribution >= 4 is 17.7 Å². The van der Waals surface area contributed by atoms with Crippen LogP contribution < -0.4 is 4.74 Å². The van der Waals surface area contributed by atoms with Gasteiger partial charge in [0.25, 0.3) is 0 Å². The van der Waals surface area contributed by atoms with E-state index < -0.39 is 6.36 Å². The van der Waals surface area contributed by atoms with Crippen LogP contribution >= 0.6 is 11.8 Å². The van der Waals surface area contributed by atoms with Crippen LogP contribution in [0.4, 0.5) is 13.2 Å². The van der Waals surface area contributed by atoms with Crippen LogP contribution in [0.3, 0.4) is 0 Å². The lowest BCUT2D eigenvalue weighted by Gasteiger charge is -2.20. The molecule has 0 aliphatic carbocycles. The number of hydrogen-bond acceptors (Lipinski definition) is 6. The second-order valence-corrected chi connectivity index (χ2v) is 7.04. The van der Waals surface area contributed by atoms with Crippen LogP contribution in [-0.4, -0.2) is 49.7 Å². The minimum absolute atomic E-state index is 0.0742. The van der Waals surface area contributed by atoms with Gasteiger partial charge in [-0.15, -0.1) is 18.3 Å². The Morgan fingerprint density at radius 1 is 1.13 bits per heavy atom. The van der Waals surface area contributed by atoms with Gasteiger partial charge in [0.05, 0.1) is 11.4 Å². The van der Waals surface area contributed by atoms with Gasteiger partial charge in [-0.2, -0.15) is 4.68 Å². The summed E-state index contributed by atoms with van der Waals surface area (Å²) < 4.78 is 42.1. The lowest BCUT2D eigenvalue weighted by Crippen LogP contribution is -2.31. The van der Waals surface area contributed by atoms with Gasteiger partial charge >= 0.3 is 6.36 Å². The fraction of sp³-hybridized carbons (Fsp3) is 0.263. The molecule has 30 heavy (non-hydrogen) atoms. The summed E-state index contributed by atoms with van der Waals surface area (Å²) in [5.41, 5.74) is 1.48. The van der Waals surface area contributed by atoms with Gasteiger partial charge in [-0.3, -0.25) is 4.79 Å². The van der Waals surface area contributed by atoms with Crippen molar-refractivity contribution in [2.24, 2.45) is 0 Å². The van der Waals surface area contributed by atoms with Crippen LogP contribution in [0, 0.1) is 0 Å². The molecular formula is C19H18F3N5O2S. The van der Waals surface area contributed by atoms with Gasteiger partial charge in [0.15, 0.2) is 0 Å². The lowest BCUT2D eigenvalue weighted by atomic mass is 10.2. The molecule has 3 aromatic rings. The SMILES string of the molecule is CCN(Cc1ccccc1)C(=O)CSc1nnnn1-c1ccc(OC(F)(F)F)cc1. The van der Waals surface area contributed by atoms with E-state index in [0.29, 0.717) is 23.9 Å². The molecule has 158 valence electrons. The van der Waals surface area contributed by atoms with Gasteiger partial charge in [-0.1, -0.05) is 42.1 Å². The molecule has 0 fully saturated rings. The normalized spacial score (nSPS) is 11.3. The van der Waals surface area contributed by atoms with Crippen molar-refractivity contribution in [2.45, 2.75) is 25.0 Å². The Bertz CT molecular complexity index is 964. The monoisotopic (exact) mass is 437 g/mol. The molecule has 3 rings (SSSR count). The minimum Gasteiger partial charge on any atom is -0.406 e. The average Bonchev–Trinajstić information content (AvgIpc) is 3.19. The van der Waals surface area contributed by atoms with Crippen molar-refractivity contribution in [3.63, 3.8) is 0 Å². The topological polar surface area (TPSA) is 73.1 Å². The summed E-state index contributed by atoms with van der Waals surface area (Å²) in [5.74, 6) is -0.297. The van der Waals surface area contributed by atoms with Crippen LogP contribution in [0.2, 0.25) is 0 Å². The predicted molar refractivity (Wildman–Crippen MR) is 104 cm³/mol. The van der Waals surface area contributed by atoms with E-state index in [1.165, 1.54) is 28.9 Å². The van der Waals surface area contributed by atoms with Crippen molar-refractivity contribution in [1.82, 2.24) is 25.1 Å². The minimum atomic E-state index is -4.76. The summed E-state index contributed by atoms with van der Waals surface area (Å²) in [6.07, 6.45) is -4.76. The van der Waals surface area contributed by atoms with Crippen molar-refractivity contribution < 1.29 is 22.7 Å². The zero-order valence-corrected chi connectivity index (χ0v) is 16.7. The molecule has 1 amide bonds. The molecule has 0 saturated carbocycles. The zero-order chi connectivity index (χ0) is 21.6. The summed E-state index contributed by atoms with van der Waals surface area (Å²) in [6, 6.07) is 14.8. The van der Waals surface area contributed by atoms with E-state index in [2.05, 4.69) is 20.3 Å². The number of amides is 1. The second-order valence-electron chi connectivity index (χ2n) is 6.10. The standard InChI is InChI=1S/C19H18F3N5O2S/c1-2-26(12-14-6-4-3-5-7-14)17(28)13-30-18-23-24-25-27(18)15-8-10-16(11-9-15)29-19(20,21)22/h3-11H,2,12-13H2,1H3. The fourth-order valence-electron chi connectivity index (χ4n) is 2.62. The van der Waals surface area contributed by atoms with Gasteiger partial charge in [-0.05, 0) is 47.2 Å². The molecule has 0 aliphatic rings. The summed E-state index contributed by atoms with van der Waals surface area (Å²) in [7, 11) is 0. The number of hydrogen-bond donors (Lipinski definition) is 0. The Morgan fingerprint density at radius 3 is 2.47 bits per heavy atom. The number of tetrazole rings is 1. The first-order valence-corrected chi connectivity index (χ1v) is 9.93. The fourth-order valence-corrected chi connectivity index (χ4v) is 3.41. The first-order valence-electron chi connectivity index (χ1n) is 8.95. The van der Waals surface area contributed by atoms with Crippen LogP contribution in [0.15, 0.2) is 59.8 Å². The Hall–Kier alpha value is -3.08. The van der Waals surface area contributed by atoms with E-state index in [1.807, 2.05) is 37.3 Å². The molecule has 1 aromatic heterocycles. The lowest BCUT2D eigenvalue weighted by molar-refractivity contribution is -0.274. The number of carbonyl (C=O) groups is 1. The maximum Gasteiger partial charge on any atom is 0.573 e. The average molecular weight is 437 g/mol.